The molecule has 0 aromatic carbocycles. The van der Waals surface area contributed by atoms with Crippen molar-refractivity contribution in [1.29, 1.82) is 0 Å². The maximum atomic E-state index is 5.86. The third-order valence-corrected chi connectivity index (χ3v) is 4.48. The second-order valence-electron chi connectivity index (χ2n) is 6.19. The largest absolute Gasteiger partial charge is 0.375 e. The summed E-state index contributed by atoms with van der Waals surface area (Å²) in [6.45, 7) is 6.93. The summed E-state index contributed by atoms with van der Waals surface area (Å²) in [6.07, 6.45) is 7.35. The van der Waals surface area contributed by atoms with Crippen molar-refractivity contribution in [3.63, 3.8) is 0 Å². The van der Waals surface area contributed by atoms with Crippen molar-refractivity contribution in [3.8, 4) is 0 Å². The number of ether oxygens (including phenoxy) is 1. The number of hydrogen-bond donors (Lipinski definition) is 1. The van der Waals surface area contributed by atoms with Crippen LogP contribution in [0.2, 0.25) is 0 Å². The number of fused-ring (bicyclic) bond motifs is 1. The maximum Gasteiger partial charge on any atom is 0.0730 e. The van der Waals surface area contributed by atoms with Gasteiger partial charge in [0.25, 0.3) is 0 Å². The fourth-order valence-corrected chi connectivity index (χ4v) is 3.35. The molecule has 3 heteroatoms. The molecule has 0 radical (unpaired) electrons. The fraction of sp³-hybridized carbons (Fsp3) is 1.00. The van der Waals surface area contributed by atoms with Gasteiger partial charge in [0.05, 0.1) is 12.7 Å². The molecule has 1 N–H and O–H groups in total. The van der Waals surface area contributed by atoms with E-state index in [-0.39, 0.29) is 0 Å². The molecule has 3 aliphatic rings. The molecule has 0 aromatic heterocycles. The molecule has 1 saturated heterocycles. The Labute approximate surface area is 105 Å². The van der Waals surface area contributed by atoms with Crippen LogP contribution in [0.25, 0.3) is 0 Å². The van der Waals surface area contributed by atoms with Gasteiger partial charge >= 0.3 is 0 Å². The zero-order valence-corrected chi connectivity index (χ0v) is 11.0. The Balaban J connectivity index is 1.45. The van der Waals surface area contributed by atoms with E-state index in [9.17, 15) is 0 Å². The number of nitrogens with zero attached hydrogens (tertiary/aromatic N) is 1. The highest BCUT2D eigenvalue weighted by molar-refractivity contribution is 4.90. The minimum Gasteiger partial charge on any atom is -0.375 e. The van der Waals surface area contributed by atoms with Gasteiger partial charge in [0.15, 0.2) is 0 Å². The minimum atomic E-state index is 0.548. The van der Waals surface area contributed by atoms with E-state index < -0.39 is 0 Å². The molecule has 3 nitrogen and oxygen atoms in total. The molecule has 1 aliphatic heterocycles. The van der Waals surface area contributed by atoms with Crippen molar-refractivity contribution < 1.29 is 4.74 Å². The molecule has 3 fully saturated rings. The average molecular weight is 238 g/mol. The monoisotopic (exact) mass is 238 g/mol. The summed E-state index contributed by atoms with van der Waals surface area (Å²) in [6, 6.07) is 1.58. The molecular weight excluding hydrogens is 212 g/mol. The van der Waals surface area contributed by atoms with Gasteiger partial charge in [-0.1, -0.05) is 6.92 Å². The molecule has 3 atom stereocenters. The predicted octanol–water partition coefficient (Wildman–Crippen LogP) is 1.63. The van der Waals surface area contributed by atoms with E-state index in [2.05, 4.69) is 17.1 Å². The smallest absolute Gasteiger partial charge is 0.0730 e. The van der Waals surface area contributed by atoms with Crippen LogP contribution in [0.4, 0.5) is 0 Å². The third kappa shape index (κ3) is 3.01. The standard InChI is InChI=1S/C14H26N2O/c1-11(9-15-12-5-6-12)10-16-7-8-17-14-4-2-3-13(14)16/h11-15H,2-10H2,1H3. The van der Waals surface area contributed by atoms with E-state index in [0.29, 0.717) is 6.10 Å². The number of hydrogen-bond acceptors (Lipinski definition) is 3. The lowest BCUT2D eigenvalue weighted by molar-refractivity contribution is -0.0594. The Morgan fingerprint density at radius 1 is 1.29 bits per heavy atom. The maximum absolute atomic E-state index is 5.86. The zero-order chi connectivity index (χ0) is 11.7. The quantitative estimate of drug-likeness (QED) is 0.788. The first-order valence-electron chi connectivity index (χ1n) is 7.42. The molecule has 0 amide bonds. The van der Waals surface area contributed by atoms with Crippen LogP contribution in [0.15, 0.2) is 0 Å². The van der Waals surface area contributed by atoms with E-state index in [0.717, 1.165) is 31.2 Å². The second kappa shape index (κ2) is 5.25. The molecule has 2 saturated carbocycles. The topological polar surface area (TPSA) is 24.5 Å². The third-order valence-electron chi connectivity index (χ3n) is 4.48. The second-order valence-corrected chi connectivity index (χ2v) is 6.19. The van der Waals surface area contributed by atoms with Crippen LogP contribution in [-0.2, 0) is 4.74 Å². The van der Waals surface area contributed by atoms with Crippen LogP contribution >= 0.6 is 0 Å². The highest BCUT2D eigenvalue weighted by Crippen LogP contribution is 2.30. The van der Waals surface area contributed by atoms with Crippen LogP contribution in [0, 0.1) is 5.92 Å². The van der Waals surface area contributed by atoms with E-state index in [1.54, 1.807) is 0 Å². The first-order valence-corrected chi connectivity index (χ1v) is 7.42. The van der Waals surface area contributed by atoms with Crippen molar-refractivity contribution >= 4 is 0 Å². The summed E-state index contributed by atoms with van der Waals surface area (Å²) >= 11 is 0. The van der Waals surface area contributed by atoms with Gasteiger partial charge in [0.1, 0.15) is 0 Å². The first kappa shape index (κ1) is 11.9. The highest BCUT2D eigenvalue weighted by Gasteiger charge is 2.36. The first-order chi connectivity index (χ1) is 8.33. The molecule has 17 heavy (non-hydrogen) atoms. The van der Waals surface area contributed by atoms with Crippen LogP contribution in [0.3, 0.4) is 0 Å². The molecule has 2 aliphatic carbocycles. The molecule has 0 bridgehead atoms. The van der Waals surface area contributed by atoms with Gasteiger partial charge in [-0.3, -0.25) is 4.90 Å². The lowest BCUT2D eigenvalue weighted by Gasteiger charge is -2.39. The summed E-state index contributed by atoms with van der Waals surface area (Å²) in [5.41, 5.74) is 0. The van der Waals surface area contributed by atoms with Crippen molar-refractivity contribution in [1.82, 2.24) is 10.2 Å². The van der Waals surface area contributed by atoms with Gasteiger partial charge in [-0.15, -0.1) is 0 Å². The number of rotatable bonds is 5. The van der Waals surface area contributed by atoms with Gasteiger partial charge in [-0.05, 0) is 44.6 Å². The Morgan fingerprint density at radius 3 is 3.00 bits per heavy atom. The lowest BCUT2D eigenvalue weighted by Crippen LogP contribution is -2.50. The van der Waals surface area contributed by atoms with Crippen LogP contribution < -0.4 is 5.32 Å². The molecule has 0 spiro atoms. The summed E-state index contributed by atoms with van der Waals surface area (Å²) in [4.78, 5) is 2.69. The van der Waals surface area contributed by atoms with E-state index in [4.69, 9.17) is 4.74 Å². The predicted molar refractivity (Wildman–Crippen MR) is 69.1 cm³/mol. The molecule has 3 unspecified atom stereocenters. The molecule has 0 aromatic rings. The minimum absolute atomic E-state index is 0.548. The van der Waals surface area contributed by atoms with Crippen LogP contribution in [0.5, 0.6) is 0 Å². The zero-order valence-electron chi connectivity index (χ0n) is 11.0. The van der Waals surface area contributed by atoms with E-state index >= 15 is 0 Å². The SMILES string of the molecule is CC(CNC1CC1)CN1CCOC2CCCC21. The molecule has 3 rings (SSSR count). The van der Waals surface area contributed by atoms with Crippen molar-refractivity contribution in [3.05, 3.63) is 0 Å². The molecule has 98 valence electrons. The molecule has 1 heterocycles. The number of nitrogens with one attached hydrogen (secondary N) is 1. The highest BCUT2D eigenvalue weighted by atomic mass is 16.5. The lowest BCUT2D eigenvalue weighted by atomic mass is 10.1. The average Bonchev–Trinajstić information content (AvgIpc) is 3.03. The normalized spacial score (nSPS) is 35.8. The Morgan fingerprint density at radius 2 is 2.18 bits per heavy atom. The Kier molecular flexibility index (Phi) is 3.69. The van der Waals surface area contributed by atoms with Gasteiger partial charge in [0.2, 0.25) is 0 Å². The van der Waals surface area contributed by atoms with Gasteiger partial charge in [0, 0.05) is 25.2 Å². The van der Waals surface area contributed by atoms with Crippen molar-refractivity contribution in [2.24, 2.45) is 5.92 Å². The molecular formula is C14H26N2O. The van der Waals surface area contributed by atoms with Crippen LogP contribution in [0.1, 0.15) is 39.0 Å². The van der Waals surface area contributed by atoms with Gasteiger partial charge < -0.3 is 10.1 Å². The summed E-state index contributed by atoms with van der Waals surface area (Å²) in [5, 5.41) is 3.65. The summed E-state index contributed by atoms with van der Waals surface area (Å²) in [5.74, 6) is 0.773. The van der Waals surface area contributed by atoms with Gasteiger partial charge in [-0.2, -0.15) is 0 Å². The Hall–Kier alpha value is -0.120. The Bertz CT molecular complexity index is 255. The van der Waals surface area contributed by atoms with Crippen molar-refractivity contribution in [2.75, 3.05) is 26.2 Å². The fourth-order valence-electron chi connectivity index (χ4n) is 3.35. The van der Waals surface area contributed by atoms with Crippen LogP contribution in [-0.4, -0.2) is 49.3 Å². The van der Waals surface area contributed by atoms with E-state index in [1.807, 2.05) is 0 Å². The number of morpholine rings is 1. The summed E-state index contributed by atoms with van der Waals surface area (Å²) in [7, 11) is 0. The van der Waals surface area contributed by atoms with Gasteiger partial charge in [-0.25, -0.2) is 0 Å². The summed E-state index contributed by atoms with van der Waals surface area (Å²) < 4.78 is 5.86. The van der Waals surface area contributed by atoms with E-state index in [1.165, 1.54) is 45.2 Å². The van der Waals surface area contributed by atoms with Crippen molar-refractivity contribution in [2.45, 2.75) is 57.2 Å².